The minimum atomic E-state index is -4.82. The lowest BCUT2D eigenvalue weighted by Crippen LogP contribution is -2.23. The summed E-state index contributed by atoms with van der Waals surface area (Å²) in [5, 5.41) is 12.5. The summed E-state index contributed by atoms with van der Waals surface area (Å²) in [5.74, 6) is -1.59. The number of aliphatic hydroxyl groups is 1. The van der Waals surface area contributed by atoms with Crippen LogP contribution in [0.4, 0.5) is 34.9 Å². The van der Waals surface area contributed by atoms with Crippen molar-refractivity contribution in [3.8, 4) is 16.9 Å². The molecule has 178 valence electrons. The van der Waals surface area contributed by atoms with Crippen molar-refractivity contribution in [1.82, 2.24) is 9.97 Å². The largest absolute Gasteiger partial charge is 0.573 e. The summed E-state index contributed by atoms with van der Waals surface area (Å²) in [6.07, 6.45) is -2.15. The average Bonchev–Trinajstić information content (AvgIpc) is 3.21. The Bertz CT molecular complexity index is 1200. The monoisotopic (exact) mass is 477 g/mol. The van der Waals surface area contributed by atoms with E-state index < -0.39 is 29.9 Å². The number of carbonyl (C=O) groups is 1. The minimum Gasteiger partial charge on any atom is -0.406 e. The molecule has 0 bridgehead atoms. The van der Waals surface area contributed by atoms with E-state index in [1.54, 1.807) is 0 Å². The van der Waals surface area contributed by atoms with E-state index in [1.165, 1.54) is 36.7 Å². The number of nitrogens with one attached hydrogen (secondary N) is 1. The van der Waals surface area contributed by atoms with Crippen LogP contribution in [-0.2, 0) is 0 Å². The molecule has 0 radical (unpaired) electrons. The molecule has 34 heavy (non-hydrogen) atoms. The number of hydrogen-bond donors (Lipinski definition) is 3. The minimum absolute atomic E-state index is 0.117. The van der Waals surface area contributed by atoms with Crippen LogP contribution in [0.3, 0.4) is 0 Å². The first-order valence-electron chi connectivity index (χ1n) is 10.1. The van der Waals surface area contributed by atoms with Crippen molar-refractivity contribution in [3.63, 3.8) is 0 Å². The van der Waals surface area contributed by atoms with E-state index in [0.29, 0.717) is 36.5 Å². The first-order valence-corrected chi connectivity index (χ1v) is 10.1. The van der Waals surface area contributed by atoms with Crippen LogP contribution in [0.25, 0.3) is 11.1 Å². The highest BCUT2D eigenvalue weighted by Crippen LogP contribution is 2.33. The number of aliphatic hydroxyl groups excluding tert-OH is 1. The number of rotatable bonds is 5. The van der Waals surface area contributed by atoms with E-state index in [9.17, 15) is 27.5 Å². The van der Waals surface area contributed by atoms with Crippen LogP contribution in [-0.4, -0.2) is 46.5 Å². The van der Waals surface area contributed by atoms with E-state index in [-0.39, 0.29) is 17.1 Å². The second-order valence-electron chi connectivity index (χ2n) is 7.60. The van der Waals surface area contributed by atoms with Gasteiger partial charge in [-0.3, -0.25) is 4.79 Å². The summed E-state index contributed by atoms with van der Waals surface area (Å²) in [6, 6.07) is 7.32. The molecule has 1 amide bonds. The second-order valence-corrected chi connectivity index (χ2v) is 7.60. The SMILES string of the molecule is Nc1ncc(-c2cc(C(=O)Nc3ccc(OC(F)(F)F)cc3)cnc2N2CC[C@@H](O)C2)cc1F. The van der Waals surface area contributed by atoms with Gasteiger partial charge in [0.25, 0.3) is 5.91 Å². The van der Waals surface area contributed by atoms with E-state index in [4.69, 9.17) is 5.73 Å². The van der Waals surface area contributed by atoms with E-state index in [1.807, 2.05) is 4.90 Å². The van der Waals surface area contributed by atoms with Gasteiger partial charge in [-0.15, -0.1) is 13.2 Å². The molecule has 1 saturated heterocycles. The van der Waals surface area contributed by atoms with Crippen LogP contribution >= 0.6 is 0 Å². The van der Waals surface area contributed by atoms with Crippen molar-refractivity contribution < 1.29 is 32.2 Å². The number of nitrogens with zero attached hydrogens (tertiary/aromatic N) is 3. The van der Waals surface area contributed by atoms with Gasteiger partial charge in [0.1, 0.15) is 11.6 Å². The summed E-state index contributed by atoms with van der Waals surface area (Å²) in [6.45, 7) is 0.840. The quantitative estimate of drug-likeness (QED) is 0.482. The molecule has 4 rings (SSSR count). The molecule has 8 nitrogen and oxygen atoms in total. The second kappa shape index (κ2) is 9.14. The zero-order valence-corrected chi connectivity index (χ0v) is 17.5. The van der Waals surface area contributed by atoms with Gasteiger partial charge in [0, 0.05) is 42.3 Å². The normalized spacial score (nSPS) is 15.9. The van der Waals surface area contributed by atoms with Gasteiger partial charge in [-0.25, -0.2) is 14.4 Å². The summed E-state index contributed by atoms with van der Waals surface area (Å²) < 4.78 is 54.8. The molecule has 1 atom stereocenters. The Balaban J connectivity index is 1.62. The molecule has 12 heteroatoms. The van der Waals surface area contributed by atoms with Crippen LogP contribution in [0.2, 0.25) is 0 Å². The molecule has 3 aromatic rings. The molecule has 3 heterocycles. The highest BCUT2D eigenvalue weighted by atomic mass is 19.4. The van der Waals surface area contributed by atoms with Gasteiger partial charge in [0.05, 0.1) is 11.7 Å². The molecule has 1 aromatic carbocycles. The maximum absolute atomic E-state index is 14.1. The van der Waals surface area contributed by atoms with Crippen LogP contribution in [0.1, 0.15) is 16.8 Å². The third-order valence-corrected chi connectivity index (χ3v) is 5.12. The van der Waals surface area contributed by atoms with Crippen molar-refractivity contribution in [2.24, 2.45) is 0 Å². The fourth-order valence-corrected chi connectivity index (χ4v) is 3.52. The van der Waals surface area contributed by atoms with E-state index in [2.05, 4.69) is 20.0 Å². The number of anilines is 3. The first kappa shape index (κ1) is 23.2. The van der Waals surface area contributed by atoms with Crippen molar-refractivity contribution in [2.45, 2.75) is 18.9 Å². The molecule has 0 spiro atoms. The number of halogens is 4. The number of pyridine rings is 2. The molecular formula is C22H19F4N5O3. The number of alkyl halides is 3. The Morgan fingerprint density at radius 2 is 1.91 bits per heavy atom. The van der Waals surface area contributed by atoms with Crippen molar-refractivity contribution >= 4 is 23.2 Å². The number of nitrogens with two attached hydrogens (primary N) is 1. The van der Waals surface area contributed by atoms with Crippen molar-refractivity contribution in [1.29, 1.82) is 0 Å². The molecule has 0 saturated carbocycles. The number of aromatic nitrogens is 2. The highest BCUT2D eigenvalue weighted by molar-refractivity contribution is 6.05. The Morgan fingerprint density at radius 1 is 1.18 bits per heavy atom. The van der Waals surface area contributed by atoms with Crippen LogP contribution in [0.5, 0.6) is 5.75 Å². The zero-order chi connectivity index (χ0) is 24.5. The third kappa shape index (κ3) is 5.34. The predicted octanol–water partition coefficient (Wildman–Crippen LogP) is 3.59. The number of amides is 1. The van der Waals surface area contributed by atoms with Gasteiger partial charge in [0.15, 0.2) is 11.6 Å². The fraction of sp³-hybridized carbons (Fsp3) is 0.227. The van der Waals surface area contributed by atoms with Crippen LogP contribution < -0.4 is 20.7 Å². The smallest absolute Gasteiger partial charge is 0.406 e. The number of nitrogen functional groups attached to an aromatic ring is 1. The number of β-amino-alcohol motifs (C(OH)–C–C–N with tert-alkyl or cyclic N) is 1. The molecule has 4 N–H and O–H groups in total. The Hall–Kier alpha value is -3.93. The maximum Gasteiger partial charge on any atom is 0.573 e. The van der Waals surface area contributed by atoms with Gasteiger partial charge in [-0.2, -0.15) is 0 Å². The third-order valence-electron chi connectivity index (χ3n) is 5.12. The first-order chi connectivity index (χ1) is 16.1. The fourth-order valence-electron chi connectivity index (χ4n) is 3.52. The van der Waals surface area contributed by atoms with Crippen molar-refractivity contribution in [3.05, 3.63) is 60.2 Å². The number of ether oxygens (including phenoxy) is 1. The molecule has 1 fully saturated rings. The Morgan fingerprint density at radius 3 is 2.53 bits per heavy atom. The summed E-state index contributed by atoms with van der Waals surface area (Å²) in [5.41, 5.74) is 6.56. The molecule has 1 aliphatic rings. The lowest BCUT2D eigenvalue weighted by atomic mass is 10.1. The molecule has 2 aromatic heterocycles. The number of carbonyl (C=O) groups excluding carboxylic acids is 1. The highest BCUT2D eigenvalue weighted by Gasteiger charge is 2.31. The maximum atomic E-state index is 14.1. The van der Waals surface area contributed by atoms with Gasteiger partial charge in [-0.1, -0.05) is 0 Å². The number of hydrogen-bond acceptors (Lipinski definition) is 7. The van der Waals surface area contributed by atoms with Gasteiger partial charge in [-0.05, 0) is 42.8 Å². The molecule has 0 unspecified atom stereocenters. The standard InChI is InChI=1S/C22H19F4N5O3/c23-18-8-12(9-28-19(18)27)17-7-13(10-29-20(17)31-6-5-15(32)11-31)21(33)30-14-1-3-16(4-2-14)34-22(24,25)26/h1-4,7-10,15,32H,5-6,11H2,(H2,27,28)(H,30,33)/t15-/m1/s1. The molecule has 1 aliphatic heterocycles. The average molecular weight is 477 g/mol. The van der Waals surface area contributed by atoms with Crippen molar-refractivity contribution in [2.75, 3.05) is 29.0 Å². The summed E-state index contributed by atoms with van der Waals surface area (Å²) >= 11 is 0. The van der Waals surface area contributed by atoms with E-state index >= 15 is 0 Å². The van der Waals surface area contributed by atoms with Gasteiger partial charge in [0.2, 0.25) is 0 Å². The summed E-state index contributed by atoms with van der Waals surface area (Å²) in [4.78, 5) is 22.8. The van der Waals surface area contributed by atoms with Crippen LogP contribution in [0.15, 0.2) is 48.8 Å². The molecular weight excluding hydrogens is 458 g/mol. The topological polar surface area (TPSA) is 114 Å². The predicted molar refractivity (Wildman–Crippen MR) is 116 cm³/mol. The van der Waals surface area contributed by atoms with Gasteiger partial charge >= 0.3 is 6.36 Å². The van der Waals surface area contributed by atoms with Crippen LogP contribution in [0, 0.1) is 5.82 Å². The Kier molecular flexibility index (Phi) is 6.24. The lowest BCUT2D eigenvalue weighted by Gasteiger charge is -2.21. The van der Waals surface area contributed by atoms with Gasteiger partial charge < -0.3 is 25.8 Å². The molecule has 0 aliphatic carbocycles. The summed E-state index contributed by atoms with van der Waals surface area (Å²) in [7, 11) is 0. The van der Waals surface area contributed by atoms with E-state index in [0.717, 1.165) is 12.1 Å². The Labute approximate surface area is 191 Å². The lowest BCUT2D eigenvalue weighted by molar-refractivity contribution is -0.274. The zero-order valence-electron chi connectivity index (χ0n) is 17.5. The number of benzene rings is 1.